The highest BCUT2D eigenvalue weighted by molar-refractivity contribution is 7.87. The molecule has 4 heterocycles. The van der Waals surface area contributed by atoms with Crippen LogP contribution >= 0.6 is 0 Å². The van der Waals surface area contributed by atoms with Gasteiger partial charge in [-0.2, -0.15) is 80.4 Å². The molecule has 0 amide bonds. The van der Waals surface area contributed by atoms with Crippen molar-refractivity contribution in [1.82, 2.24) is 39.0 Å². The van der Waals surface area contributed by atoms with Crippen LogP contribution in [0.15, 0.2) is 257 Å². The lowest BCUT2D eigenvalue weighted by molar-refractivity contribution is 0.0686. The summed E-state index contributed by atoms with van der Waals surface area (Å²) in [4.78, 5) is 133. The smallest absolute Gasteiger partial charge is 0.335 e. The molecule has 16 aromatic rings. The van der Waals surface area contributed by atoms with Crippen molar-refractivity contribution in [3.05, 3.63) is 295 Å². The number of rotatable bonds is 29. The van der Waals surface area contributed by atoms with Crippen LogP contribution in [-0.2, 0) is 74.8 Å². The van der Waals surface area contributed by atoms with Crippen LogP contribution in [0.3, 0.4) is 0 Å². The molecule has 140 heavy (non-hydrogen) atoms. The minimum atomic E-state index is -5.68. The zero-order valence-electron chi connectivity index (χ0n) is 70.8. The Bertz CT molecular complexity index is 8700. The predicted molar refractivity (Wildman–Crippen MR) is 499 cm³/mol. The number of hydrogen-bond acceptors (Lipinski definition) is 34. The first-order chi connectivity index (χ1) is 66.1. The summed E-state index contributed by atoms with van der Waals surface area (Å²) in [5.74, 6) is -8.81. The molecule has 0 aliphatic heterocycles. The van der Waals surface area contributed by atoms with E-state index >= 15 is 9.59 Å². The second kappa shape index (κ2) is 34.7. The second-order valence-corrected chi connectivity index (χ2v) is 39.5. The van der Waals surface area contributed by atoms with Crippen LogP contribution in [0.5, 0.6) is 23.5 Å². The Balaban J connectivity index is 0.716. The van der Waals surface area contributed by atoms with Gasteiger partial charge in [0, 0.05) is 71.3 Å². The molecule has 0 atom stereocenters. The maximum atomic E-state index is 15.2. The number of aryl methyl sites for hydroxylation is 2. The number of carboxylic acids is 2. The van der Waals surface area contributed by atoms with Gasteiger partial charge in [-0.1, -0.05) is 97.1 Å². The number of anilines is 10. The van der Waals surface area contributed by atoms with Gasteiger partial charge < -0.3 is 60.7 Å². The first-order valence-electron chi connectivity index (χ1n) is 40.3. The number of hydrogen-bond donors (Lipinski definition) is 14. The highest BCUT2D eigenvalue weighted by atomic mass is 32.2. The molecule has 4 aromatic heterocycles. The quantitative estimate of drug-likeness (QED) is 0.0118. The van der Waals surface area contributed by atoms with Gasteiger partial charge in [-0.25, -0.2) is 9.59 Å². The predicted octanol–water partition coefficient (Wildman–Crippen LogP) is 11.9. The maximum absolute atomic E-state index is 15.2. The number of carbonyl (C=O) groups excluding carboxylic acids is 4. The minimum Gasteiger partial charge on any atom is -0.478 e. The van der Waals surface area contributed by atoms with Gasteiger partial charge in [0.2, 0.25) is 23.8 Å². The number of pyridine rings is 2. The Kier molecular flexibility index (Phi) is 23.2. The minimum absolute atomic E-state index is 0.0101. The van der Waals surface area contributed by atoms with Gasteiger partial charge in [-0.3, -0.25) is 56.1 Å². The van der Waals surface area contributed by atoms with E-state index in [9.17, 15) is 117 Å². The Labute approximate surface area is 786 Å². The lowest BCUT2D eigenvalue weighted by Crippen LogP contribution is -2.29. The molecule has 0 spiro atoms. The molecular weight excluding hydrogens is 1950 g/mol. The van der Waals surface area contributed by atoms with Crippen LogP contribution in [-0.4, -0.2) is 175 Å². The second-order valence-electron chi connectivity index (χ2n) is 31.1. The Morgan fingerprint density at radius 3 is 1.01 bits per heavy atom. The van der Waals surface area contributed by atoms with E-state index in [1.807, 2.05) is 0 Å². The molecule has 0 bridgehead atoms. The topological polar surface area (TPSA) is 681 Å². The zero-order valence-corrected chi connectivity index (χ0v) is 75.7. The third kappa shape index (κ3) is 17.7. The summed E-state index contributed by atoms with van der Waals surface area (Å²) in [6.07, 6.45) is 0. The number of aromatic carboxylic acids is 2. The van der Waals surface area contributed by atoms with E-state index in [0.29, 0.717) is 33.7 Å². The van der Waals surface area contributed by atoms with Crippen LogP contribution in [0.1, 0.15) is 84.4 Å². The van der Waals surface area contributed by atoms with Crippen molar-refractivity contribution >= 4 is 197 Å². The van der Waals surface area contributed by atoms with E-state index in [0.717, 1.165) is 69.8 Å². The van der Waals surface area contributed by atoms with Gasteiger partial charge in [0.15, 0.2) is 23.1 Å². The Hall–Kier alpha value is -16.9. The van der Waals surface area contributed by atoms with Crippen LogP contribution in [0, 0.1) is 0 Å². The summed E-state index contributed by atoms with van der Waals surface area (Å²) in [7, 11) is -30.0. The summed E-state index contributed by atoms with van der Waals surface area (Å²) in [5, 5.41) is 37.4. The van der Waals surface area contributed by atoms with Crippen LogP contribution in [0.2, 0.25) is 0 Å². The fraction of sp³-hybridized carbons (Fsp3) is 0.0444. The molecule has 0 unspecified atom stereocenters. The van der Waals surface area contributed by atoms with E-state index < -0.39 is 217 Å². The van der Waals surface area contributed by atoms with Gasteiger partial charge in [0.05, 0.1) is 88.3 Å². The summed E-state index contributed by atoms with van der Waals surface area (Å²) < 4.78 is 237. The van der Waals surface area contributed by atoms with Crippen LogP contribution < -0.4 is 52.5 Å². The first-order valence-corrected chi connectivity index (χ1v) is 48.9. The van der Waals surface area contributed by atoms with E-state index in [4.69, 9.17) is 9.47 Å². The van der Waals surface area contributed by atoms with Crippen molar-refractivity contribution in [2.75, 3.05) is 45.0 Å². The molecule has 14 N–H and O–H groups in total. The largest absolute Gasteiger partial charge is 0.478 e. The highest BCUT2D eigenvalue weighted by Crippen LogP contribution is 2.49. The van der Waals surface area contributed by atoms with Crippen LogP contribution in [0.25, 0.3) is 65.6 Å². The van der Waals surface area contributed by atoms with Crippen molar-refractivity contribution in [3.63, 3.8) is 0 Å². The fourth-order valence-electron chi connectivity index (χ4n) is 16.2. The average Bonchev–Trinajstić information content (AvgIpc) is 0.706. The highest BCUT2D eigenvalue weighted by Gasteiger charge is 2.39. The molecule has 0 radical (unpaired) electrons. The van der Waals surface area contributed by atoms with E-state index in [1.165, 1.54) is 160 Å². The number of fused-ring (bicyclic) bond motifs is 6. The lowest BCUT2D eigenvalue weighted by atomic mass is 9.80. The third-order valence-corrected chi connectivity index (χ3v) is 27.7. The maximum Gasteiger partial charge on any atom is 0.335 e. The fourth-order valence-corrected chi connectivity index (χ4v) is 20.1. The van der Waals surface area contributed by atoms with E-state index in [1.54, 1.807) is 0 Å². The Morgan fingerprint density at radius 2 is 0.657 bits per heavy atom. The van der Waals surface area contributed by atoms with Crippen molar-refractivity contribution in [2.24, 2.45) is 14.1 Å². The standard InChI is InChI=1S/C90H60N14O30S6/c1-103-63-27-25-57(71-73(63)69(53-13-3-5-15-55(53)79(71)107)75(81(103)109)77(105)45-9-7-11-51(35-45)135(115,116)117)93-59-37-61(67(139(127,128)129)39-65(59)137(121,122)123)95-87-97-85(99-89(101-87)133-49-23-21-41-31-47(83(111)112)19-17-43(41)33-49)91-29-30-92-86-98-88(102-90(100-86)134-50-24-22-42-32-48(84(113)114)20-18-44(42)34-50)96-62-38-60(66(138(124,125)126)40-68(62)140(130,131)132)94-58-26-28-64-74-70(54-14-4-6-16-56(54)80(108)72(58)74)76(82(110)104(64)2)78(106)46-10-8-12-52(36-46)136(118,119)120/h3-28,31-40,93-94H,29-30H2,1-2H3,(H,111,112)(H,113,114)(H,115,116,117)(H,118,119,120)(H,121,122,123)(H,124,125,126)(H,127,128,129)(H,130,131,132)(H2,91,95,97,99,101)(H2,92,96,98,100,102). The summed E-state index contributed by atoms with van der Waals surface area (Å²) in [6, 6.07) is 42.0. The van der Waals surface area contributed by atoms with Crippen molar-refractivity contribution < 1.29 is 126 Å². The van der Waals surface area contributed by atoms with Gasteiger partial charge in [-0.05, 0) is 154 Å². The number of ketones is 4. The van der Waals surface area contributed by atoms with Crippen molar-refractivity contribution in [3.8, 4) is 45.8 Å². The summed E-state index contributed by atoms with van der Waals surface area (Å²) >= 11 is 0. The van der Waals surface area contributed by atoms with Gasteiger partial charge in [-0.15, -0.1) is 0 Å². The van der Waals surface area contributed by atoms with Gasteiger partial charge >= 0.3 is 24.0 Å². The van der Waals surface area contributed by atoms with Gasteiger partial charge in [0.25, 0.3) is 71.8 Å². The molecule has 0 saturated carbocycles. The normalized spacial score (nSPS) is 12.5. The number of nitrogens with one attached hydrogen (secondary N) is 6. The average molecular weight is 2010 g/mol. The van der Waals surface area contributed by atoms with Crippen molar-refractivity contribution in [1.29, 1.82) is 0 Å². The first kappa shape index (κ1) is 93.5. The molecule has 18 rings (SSSR count). The molecular formula is C90H60N14O30S6. The number of nitrogens with zero attached hydrogens (tertiary/aromatic N) is 8. The zero-order chi connectivity index (χ0) is 99.8. The summed E-state index contributed by atoms with van der Waals surface area (Å²) in [6.45, 7) is -0.778. The molecule has 50 heteroatoms. The van der Waals surface area contributed by atoms with E-state index in [-0.39, 0.29) is 113 Å². The molecule has 12 aromatic carbocycles. The number of carbonyl (C=O) groups is 6. The van der Waals surface area contributed by atoms with E-state index in [2.05, 4.69) is 61.8 Å². The number of carboxylic acid groups (broad SMARTS) is 2. The molecule has 44 nitrogen and oxygen atoms in total. The van der Waals surface area contributed by atoms with Crippen LogP contribution in [0.4, 0.5) is 57.9 Å². The molecule has 706 valence electrons. The molecule has 0 fully saturated rings. The molecule has 2 aliphatic rings. The van der Waals surface area contributed by atoms with Gasteiger partial charge in [0.1, 0.15) is 31.1 Å². The Morgan fingerprint density at radius 1 is 0.321 bits per heavy atom. The third-order valence-electron chi connectivity index (χ3n) is 22.5. The monoisotopic (exact) mass is 2010 g/mol. The molecule has 2 aliphatic carbocycles. The SMILES string of the molecule is Cn1c(=O)c(C(=O)c2cccc(S(=O)(=O)O)c2)c2c3c(c(Nc4cc(Nc5nc(NCCNc6nc(Nc7cc(Nc8ccc9c%10c8C(=O)c8ccccc8-c%10c(C(=O)c8cccc(S(=O)(=O)O)c8)c(=O)n9C)c(S(=O)(=O)O)cc7S(=O)(=O)O)nc(Oc7ccc8cc(C(=O)O)ccc8c7)n6)nc(Oc6ccc7cc(C(=O)O)ccc7c6)n5)c(S(=O)(=O)O)cc4S(=O)(=O)O)ccc31)C(=O)c1ccccc1-2. The number of ether oxygens (including phenoxy) is 2. The number of benzene rings is 12. The van der Waals surface area contributed by atoms with Crippen molar-refractivity contribution in [2.45, 2.75) is 29.4 Å². The summed E-state index contributed by atoms with van der Waals surface area (Å²) in [5.41, 5.74) is -9.30. The number of aromatic nitrogens is 8. The lowest BCUT2D eigenvalue weighted by Gasteiger charge is -2.26. The molecule has 0 saturated heterocycles.